The van der Waals surface area contributed by atoms with Crippen molar-refractivity contribution in [2.75, 3.05) is 34.5 Å². The van der Waals surface area contributed by atoms with Crippen molar-refractivity contribution in [1.82, 2.24) is 5.48 Å². The van der Waals surface area contributed by atoms with Crippen molar-refractivity contribution in [1.29, 1.82) is 0 Å². The quantitative estimate of drug-likeness (QED) is 0.447. The predicted octanol–water partition coefficient (Wildman–Crippen LogP) is 2.41. The van der Waals surface area contributed by atoms with Crippen LogP contribution < -0.4 is 5.48 Å². The molecule has 5 heteroatoms. The van der Waals surface area contributed by atoms with Crippen LogP contribution in [0.5, 0.6) is 0 Å². The number of hydrogen-bond acceptors (Lipinski definition) is 5. The zero-order valence-electron chi connectivity index (χ0n) is 12.5. The molecular formula is C12H31NO4. The van der Waals surface area contributed by atoms with Crippen LogP contribution in [0.3, 0.4) is 0 Å². The highest BCUT2D eigenvalue weighted by Crippen LogP contribution is 1.71. The molecule has 0 fully saturated rings. The first-order valence-corrected chi connectivity index (χ1v) is 5.98. The Bertz CT molecular complexity index is 86.6. The smallest absolute Gasteiger partial charge is 0.292 e. The van der Waals surface area contributed by atoms with Crippen molar-refractivity contribution in [3.05, 3.63) is 0 Å². The average molecular weight is 253 g/mol. The summed E-state index contributed by atoms with van der Waals surface area (Å²) in [7, 11) is 4.78. The Morgan fingerprint density at radius 3 is 1.53 bits per heavy atom. The van der Waals surface area contributed by atoms with Gasteiger partial charge in [0, 0.05) is 20.8 Å². The average Bonchev–Trinajstić information content (AvgIpc) is 2.40. The molecule has 0 aliphatic carbocycles. The molecule has 0 unspecified atom stereocenters. The van der Waals surface area contributed by atoms with Gasteiger partial charge < -0.3 is 14.3 Å². The number of methoxy groups -OCH3 is 2. The van der Waals surface area contributed by atoms with Gasteiger partial charge in [-0.3, -0.25) is 4.79 Å². The molecule has 108 valence electrons. The Hall–Kier alpha value is -0.650. The fourth-order valence-corrected chi connectivity index (χ4v) is 0.408. The summed E-state index contributed by atoms with van der Waals surface area (Å²) in [5.41, 5.74) is 2.57. The van der Waals surface area contributed by atoms with Crippen molar-refractivity contribution in [2.24, 2.45) is 0 Å². The Morgan fingerprint density at radius 1 is 1.06 bits per heavy atom. The second-order valence-corrected chi connectivity index (χ2v) is 2.38. The fourth-order valence-electron chi connectivity index (χ4n) is 0.408. The second-order valence-electron chi connectivity index (χ2n) is 2.38. The van der Waals surface area contributed by atoms with Gasteiger partial charge in [-0.1, -0.05) is 27.7 Å². The Kier molecular flexibility index (Phi) is 67.4. The maximum Gasteiger partial charge on any atom is 0.292 e. The number of hydrogen-bond donors (Lipinski definition) is 1. The van der Waals surface area contributed by atoms with Crippen molar-refractivity contribution in [2.45, 2.75) is 40.5 Å². The van der Waals surface area contributed by atoms with Gasteiger partial charge in [-0.15, -0.1) is 0 Å². The van der Waals surface area contributed by atoms with Crippen molar-refractivity contribution in [3.63, 3.8) is 0 Å². The maximum absolute atomic E-state index is 8.95. The summed E-state index contributed by atoms with van der Waals surface area (Å²) in [4.78, 5) is 13.7. The van der Waals surface area contributed by atoms with E-state index in [4.69, 9.17) is 14.4 Å². The fraction of sp³-hybridized carbons (Fsp3) is 0.917. The number of hydroxylamine groups is 1. The minimum Gasteiger partial charge on any atom is -0.471 e. The molecule has 0 atom stereocenters. The monoisotopic (exact) mass is 253 g/mol. The first-order valence-electron chi connectivity index (χ1n) is 5.98. The molecule has 1 N–H and O–H groups in total. The minimum absolute atomic E-state index is 0.375. The van der Waals surface area contributed by atoms with E-state index in [-0.39, 0.29) is 0 Å². The van der Waals surface area contributed by atoms with Crippen LogP contribution in [0.15, 0.2) is 0 Å². The molecule has 5 nitrogen and oxygen atoms in total. The van der Waals surface area contributed by atoms with Crippen LogP contribution >= 0.6 is 0 Å². The third kappa shape index (κ3) is 95.6. The summed E-state index contributed by atoms with van der Waals surface area (Å²) < 4.78 is 8.55. The molecular weight excluding hydrogens is 222 g/mol. The Morgan fingerprint density at radius 2 is 1.47 bits per heavy atom. The molecule has 0 bridgehead atoms. The van der Waals surface area contributed by atoms with Gasteiger partial charge in [0.2, 0.25) is 0 Å². The van der Waals surface area contributed by atoms with E-state index in [1.54, 1.807) is 14.2 Å². The molecule has 0 amide bonds. The largest absolute Gasteiger partial charge is 0.471 e. The summed E-state index contributed by atoms with van der Waals surface area (Å²) >= 11 is 0. The normalized spacial score (nSPS) is 7.24. The van der Waals surface area contributed by atoms with Crippen LogP contribution in [-0.2, 0) is 19.1 Å². The SMILES string of the molecule is CC.CCCOC.CCCONC.COC=O. The highest BCUT2D eigenvalue weighted by molar-refractivity contribution is 5.36. The Labute approximate surface area is 107 Å². The van der Waals surface area contributed by atoms with Crippen LogP contribution in [0.25, 0.3) is 0 Å². The van der Waals surface area contributed by atoms with E-state index in [9.17, 15) is 0 Å². The summed E-state index contributed by atoms with van der Waals surface area (Å²) in [5.74, 6) is 0. The standard InChI is InChI=1S/C4H11NO.C4H10O.C2H4O2.C2H6/c1-3-4-6-5-2;1-3-4-5-2;1-4-2-3;1-2/h5H,3-4H2,1-2H3;3-4H2,1-2H3;2H,1H3;1-2H3. The van der Waals surface area contributed by atoms with E-state index >= 15 is 0 Å². The number of carbonyl (C=O) groups excluding carboxylic acids is 1. The summed E-state index contributed by atoms with van der Waals surface area (Å²) in [6.07, 6.45) is 2.19. The van der Waals surface area contributed by atoms with E-state index in [1.807, 2.05) is 13.8 Å². The predicted molar refractivity (Wildman–Crippen MR) is 71.9 cm³/mol. The third-order valence-electron chi connectivity index (χ3n) is 0.955. The van der Waals surface area contributed by atoms with Gasteiger partial charge >= 0.3 is 0 Å². The van der Waals surface area contributed by atoms with Crippen LogP contribution in [0.2, 0.25) is 0 Å². The molecule has 0 aromatic heterocycles. The van der Waals surface area contributed by atoms with Crippen LogP contribution in [0.1, 0.15) is 40.5 Å². The van der Waals surface area contributed by atoms with Gasteiger partial charge in [0.15, 0.2) is 0 Å². The molecule has 0 aromatic rings. The van der Waals surface area contributed by atoms with E-state index in [0.29, 0.717) is 6.47 Å². The summed E-state index contributed by atoms with van der Waals surface area (Å²) in [5, 5.41) is 0. The molecule has 0 rings (SSSR count). The summed E-state index contributed by atoms with van der Waals surface area (Å²) in [6, 6.07) is 0. The second kappa shape index (κ2) is 45.3. The highest BCUT2D eigenvalue weighted by atomic mass is 16.6. The number of ether oxygens (including phenoxy) is 2. The molecule has 17 heavy (non-hydrogen) atoms. The van der Waals surface area contributed by atoms with E-state index in [0.717, 1.165) is 26.1 Å². The van der Waals surface area contributed by atoms with Crippen LogP contribution in [0.4, 0.5) is 0 Å². The number of rotatable bonds is 6. The molecule has 0 saturated carbocycles. The zero-order valence-corrected chi connectivity index (χ0v) is 12.5. The van der Waals surface area contributed by atoms with Gasteiger partial charge in [-0.2, -0.15) is 0 Å². The van der Waals surface area contributed by atoms with Gasteiger partial charge in [0.05, 0.1) is 13.7 Å². The minimum atomic E-state index is 0.375. The molecule has 0 saturated heterocycles. The lowest BCUT2D eigenvalue weighted by molar-refractivity contribution is -0.126. The lowest BCUT2D eigenvalue weighted by Gasteiger charge is -1.93. The van der Waals surface area contributed by atoms with Gasteiger partial charge in [0.1, 0.15) is 0 Å². The van der Waals surface area contributed by atoms with Gasteiger partial charge in [-0.05, 0) is 12.8 Å². The van der Waals surface area contributed by atoms with Crippen molar-refractivity contribution >= 4 is 6.47 Å². The number of carbonyl (C=O) groups is 1. The molecule has 0 aliphatic rings. The molecule has 0 aromatic carbocycles. The van der Waals surface area contributed by atoms with E-state index in [1.165, 1.54) is 7.11 Å². The van der Waals surface area contributed by atoms with Gasteiger partial charge in [0.25, 0.3) is 6.47 Å². The summed E-state index contributed by atoms with van der Waals surface area (Å²) in [6.45, 7) is 10.2. The van der Waals surface area contributed by atoms with Crippen LogP contribution in [0, 0.1) is 0 Å². The maximum atomic E-state index is 8.95. The lowest BCUT2D eigenvalue weighted by Crippen LogP contribution is -2.06. The van der Waals surface area contributed by atoms with Crippen LogP contribution in [-0.4, -0.2) is 41.0 Å². The first kappa shape index (κ1) is 25.3. The lowest BCUT2D eigenvalue weighted by atomic mass is 10.5. The molecule has 0 radical (unpaired) electrons. The molecule has 0 aliphatic heterocycles. The topological polar surface area (TPSA) is 56.8 Å². The van der Waals surface area contributed by atoms with E-state index < -0.39 is 0 Å². The molecule has 0 heterocycles. The van der Waals surface area contributed by atoms with Crippen molar-refractivity contribution in [3.8, 4) is 0 Å². The van der Waals surface area contributed by atoms with Crippen molar-refractivity contribution < 1.29 is 19.1 Å². The first-order chi connectivity index (χ1) is 8.24. The zero-order chi connectivity index (χ0) is 14.4. The molecule has 0 spiro atoms. The van der Waals surface area contributed by atoms with Gasteiger partial charge in [-0.25, -0.2) is 5.48 Å². The highest BCUT2D eigenvalue weighted by Gasteiger charge is 1.71. The van der Waals surface area contributed by atoms with E-state index in [2.05, 4.69) is 24.1 Å². The number of nitrogens with one attached hydrogen (secondary N) is 1. The third-order valence-corrected chi connectivity index (χ3v) is 0.955. The Balaban J connectivity index is -0.0000000705.